The molecule has 1 unspecified atom stereocenters. The SMILES string of the molecule is C[C@H]1CC[C@@]2(O)C(C)(C)[C@H]3C[C@H]1[C@]2(C)CC3O. The van der Waals surface area contributed by atoms with E-state index in [9.17, 15) is 10.2 Å². The van der Waals surface area contributed by atoms with Crippen molar-refractivity contribution in [2.24, 2.45) is 28.6 Å². The van der Waals surface area contributed by atoms with Crippen LogP contribution >= 0.6 is 0 Å². The van der Waals surface area contributed by atoms with Crippen LogP contribution in [0.5, 0.6) is 0 Å². The van der Waals surface area contributed by atoms with Gasteiger partial charge in [-0.15, -0.1) is 0 Å². The summed E-state index contributed by atoms with van der Waals surface area (Å²) in [6, 6.07) is 0. The third kappa shape index (κ3) is 1.10. The highest BCUT2D eigenvalue weighted by Gasteiger charge is 2.72. The van der Waals surface area contributed by atoms with Crippen molar-refractivity contribution in [1.29, 1.82) is 0 Å². The van der Waals surface area contributed by atoms with Crippen LogP contribution in [0, 0.1) is 28.6 Å². The minimum atomic E-state index is -0.570. The van der Waals surface area contributed by atoms with Crippen molar-refractivity contribution in [3.63, 3.8) is 0 Å². The zero-order valence-corrected chi connectivity index (χ0v) is 11.5. The third-order valence-corrected chi connectivity index (χ3v) is 7.01. The van der Waals surface area contributed by atoms with E-state index in [0.29, 0.717) is 11.8 Å². The molecule has 4 rings (SSSR count). The lowest BCUT2D eigenvalue weighted by Gasteiger charge is -2.72. The fraction of sp³-hybridized carbons (Fsp3) is 1.00. The zero-order chi connectivity index (χ0) is 12.6. The molecule has 0 aliphatic heterocycles. The van der Waals surface area contributed by atoms with Gasteiger partial charge in [0.1, 0.15) is 0 Å². The van der Waals surface area contributed by atoms with Crippen LogP contribution in [-0.2, 0) is 0 Å². The Bertz CT molecular complexity index is 351. The van der Waals surface area contributed by atoms with Crippen LogP contribution in [0.15, 0.2) is 0 Å². The topological polar surface area (TPSA) is 40.5 Å². The van der Waals surface area contributed by atoms with E-state index in [4.69, 9.17) is 0 Å². The molecule has 98 valence electrons. The fourth-order valence-electron chi connectivity index (χ4n) is 5.82. The van der Waals surface area contributed by atoms with Gasteiger partial charge in [0.05, 0.1) is 11.7 Å². The first kappa shape index (κ1) is 12.0. The van der Waals surface area contributed by atoms with Crippen molar-refractivity contribution in [2.75, 3.05) is 0 Å². The number of aliphatic hydroxyl groups is 2. The standard InChI is InChI=1S/C15H26O2/c1-9-5-6-15(17)13(2,3)11-7-10(9)14(15,4)8-12(11)16/h9-12,16-17H,5-8H2,1-4H3/t9-,10+,11-,12?,14-,15+/m0/s1. The smallest absolute Gasteiger partial charge is 0.0759 e. The molecule has 17 heavy (non-hydrogen) atoms. The van der Waals surface area contributed by atoms with Gasteiger partial charge < -0.3 is 10.2 Å². The van der Waals surface area contributed by atoms with E-state index in [2.05, 4.69) is 27.7 Å². The lowest BCUT2D eigenvalue weighted by atomic mass is 9.35. The first-order valence-electron chi connectivity index (χ1n) is 7.14. The van der Waals surface area contributed by atoms with Gasteiger partial charge in [-0.2, -0.15) is 0 Å². The summed E-state index contributed by atoms with van der Waals surface area (Å²) in [6.07, 6.45) is 3.75. The summed E-state index contributed by atoms with van der Waals surface area (Å²) in [6.45, 7) is 8.90. The second-order valence-corrected chi connectivity index (χ2v) is 7.74. The second kappa shape index (κ2) is 3.08. The second-order valence-electron chi connectivity index (χ2n) is 7.74. The molecule has 0 radical (unpaired) electrons. The molecule has 0 heterocycles. The van der Waals surface area contributed by atoms with Crippen LogP contribution in [0.3, 0.4) is 0 Å². The van der Waals surface area contributed by atoms with Crippen molar-refractivity contribution >= 4 is 0 Å². The van der Waals surface area contributed by atoms with Gasteiger partial charge in [0, 0.05) is 5.41 Å². The number of fused-ring (bicyclic) bond motifs is 1. The van der Waals surface area contributed by atoms with Gasteiger partial charge in [-0.1, -0.05) is 27.7 Å². The Hall–Kier alpha value is -0.0800. The average molecular weight is 238 g/mol. The molecule has 2 heteroatoms. The largest absolute Gasteiger partial charge is 0.393 e. The maximum absolute atomic E-state index is 11.3. The summed E-state index contributed by atoms with van der Waals surface area (Å²) in [4.78, 5) is 0. The Morgan fingerprint density at radius 2 is 1.76 bits per heavy atom. The maximum Gasteiger partial charge on any atom is 0.0759 e. The Kier molecular flexibility index (Phi) is 2.17. The summed E-state index contributed by atoms with van der Waals surface area (Å²) in [5.74, 6) is 1.58. The molecule has 4 saturated carbocycles. The highest BCUT2D eigenvalue weighted by molar-refractivity contribution is 5.21. The molecule has 2 N–H and O–H groups in total. The molecule has 0 aromatic rings. The monoisotopic (exact) mass is 238 g/mol. The van der Waals surface area contributed by atoms with E-state index in [1.54, 1.807) is 0 Å². The quantitative estimate of drug-likeness (QED) is 0.681. The lowest BCUT2D eigenvalue weighted by Crippen LogP contribution is -2.74. The van der Waals surface area contributed by atoms with Gasteiger partial charge in [0.2, 0.25) is 0 Å². The van der Waals surface area contributed by atoms with Crippen molar-refractivity contribution in [1.82, 2.24) is 0 Å². The number of hydrogen-bond acceptors (Lipinski definition) is 2. The van der Waals surface area contributed by atoms with Crippen molar-refractivity contribution in [2.45, 2.75) is 65.1 Å². The maximum atomic E-state index is 11.3. The van der Waals surface area contributed by atoms with Crippen molar-refractivity contribution in [3.8, 4) is 0 Å². The van der Waals surface area contributed by atoms with E-state index in [1.165, 1.54) is 0 Å². The Morgan fingerprint density at radius 1 is 1.12 bits per heavy atom. The summed E-state index contributed by atoms with van der Waals surface area (Å²) in [7, 11) is 0. The molecule has 0 amide bonds. The van der Waals surface area contributed by atoms with Gasteiger partial charge >= 0.3 is 0 Å². The Morgan fingerprint density at radius 3 is 2.41 bits per heavy atom. The van der Waals surface area contributed by atoms with E-state index < -0.39 is 5.60 Å². The van der Waals surface area contributed by atoms with Crippen molar-refractivity contribution < 1.29 is 10.2 Å². The fourth-order valence-corrected chi connectivity index (χ4v) is 5.82. The number of rotatable bonds is 0. The van der Waals surface area contributed by atoms with Gasteiger partial charge in [-0.25, -0.2) is 0 Å². The molecule has 4 bridgehead atoms. The van der Waals surface area contributed by atoms with Gasteiger partial charge in [0.15, 0.2) is 0 Å². The Labute approximate surface area is 104 Å². The number of hydrogen-bond donors (Lipinski definition) is 2. The van der Waals surface area contributed by atoms with Crippen LogP contribution in [0.25, 0.3) is 0 Å². The van der Waals surface area contributed by atoms with Gasteiger partial charge in [-0.3, -0.25) is 0 Å². The molecule has 0 aromatic heterocycles. The molecule has 2 nitrogen and oxygen atoms in total. The van der Waals surface area contributed by atoms with Gasteiger partial charge in [-0.05, 0) is 48.9 Å². The molecule has 0 saturated heterocycles. The summed E-state index contributed by atoms with van der Waals surface area (Å²) >= 11 is 0. The van der Waals surface area contributed by atoms with E-state index in [-0.39, 0.29) is 22.9 Å². The predicted octanol–water partition coefficient (Wildman–Crippen LogP) is 2.58. The summed E-state index contributed by atoms with van der Waals surface area (Å²) in [5.41, 5.74) is -0.794. The third-order valence-electron chi connectivity index (χ3n) is 7.01. The van der Waals surface area contributed by atoms with Gasteiger partial charge in [0.25, 0.3) is 0 Å². The Balaban J connectivity index is 2.14. The number of aliphatic hydroxyl groups excluding tert-OH is 1. The van der Waals surface area contributed by atoms with Crippen molar-refractivity contribution in [3.05, 3.63) is 0 Å². The summed E-state index contributed by atoms with van der Waals surface area (Å²) in [5, 5.41) is 21.6. The van der Waals surface area contributed by atoms with Crippen LogP contribution in [0.4, 0.5) is 0 Å². The minimum absolute atomic E-state index is 0.0810. The molecular formula is C15H26O2. The predicted molar refractivity (Wildman–Crippen MR) is 67.5 cm³/mol. The molecule has 0 spiro atoms. The molecule has 4 aliphatic rings. The van der Waals surface area contributed by atoms with Crippen LogP contribution in [0.1, 0.15) is 53.4 Å². The first-order valence-corrected chi connectivity index (χ1v) is 7.14. The molecule has 0 aromatic carbocycles. The molecule has 4 aliphatic carbocycles. The van der Waals surface area contributed by atoms with Crippen LogP contribution in [0.2, 0.25) is 0 Å². The van der Waals surface area contributed by atoms with E-state index in [1.807, 2.05) is 0 Å². The normalized spacial score (nSPS) is 60.4. The molecule has 6 atom stereocenters. The summed E-state index contributed by atoms with van der Waals surface area (Å²) < 4.78 is 0. The molecule has 4 fully saturated rings. The minimum Gasteiger partial charge on any atom is -0.393 e. The van der Waals surface area contributed by atoms with E-state index >= 15 is 0 Å². The average Bonchev–Trinajstić information content (AvgIpc) is 2.21. The van der Waals surface area contributed by atoms with E-state index in [0.717, 1.165) is 25.7 Å². The lowest BCUT2D eigenvalue weighted by molar-refractivity contribution is -0.315. The van der Waals surface area contributed by atoms with Crippen LogP contribution in [-0.4, -0.2) is 21.9 Å². The zero-order valence-electron chi connectivity index (χ0n) is 11.5. The highest BCUT2D eigenvalue weighted by Crippen LogP contribution is 2.71. The first-order chi connectivity index (χ1) is 7.74. The molecular weight excluding hydrogens is 212 g/mol. The van der Waals surface area contributed by atoms with Crippen LogP contribution < -0.4 is 0 Å². The highest BCUT2D eigenvalue weighted by atomic mass is 16.3.